The number of nitrogens with one attached hydrogen (secondary N) is 1. The maximum Gasteiger partial charge on any atom is 0.472 e. The van der Waals surface area contributed by atoms with Gasteiger partial charge in [-0.1, -0.05) is 325 Å². The van der Waals surface area contributed by atoms with Crippen molar-refractivity contribution in [1.29, 1.82) is 0 Å². The van der Waals surface area contributed by atoms with Crippen LogP contribution in [-0.4, -0.2) is 73.4 Å². The van der Waals surface area contributed by atoms with Gasteiger partial charge in [-0.3, -0.25) is 13.8 Å². The second-order valence-electron chi connectivity index (χ2n) is 24.5. The van der Waals surface area contributed by atoms with Gasteiger partial charge in [0.2, 0.25) is 5.91 Å². The van der Waals surface area contributed by atoms with Gasteiger partial charge < -0.3 is 19.8 Å². The number of amides is 1. The zero-order valence-electron chi connectivity index (χ0n) is 53.1. The Morgan fingerprint density at radius 3 is 1.11 bits per heavy atom. The second kappa shape index (κ2) is 60.8. The van der Waals surface area contributed by atoms with Gasteiger partial charge in [0.25, 0.3) is 0 Å². The topological polar surface area (TPSA) is 105 Å². The van der Waals surface area contributed by atoms with Crippen molar-refractivity contribution < 1.29 is 32.9 Å². The molecule has 0 aromatic carbocycles. The van der Waals surface area contributed by atoms with Crippen molar-refractivity contribution in [2.45, 2.75) is 341 Å². The van der Waals surface area contributed by atoms with Gasteiger partial charge >= 0.3 is 7.82 Å². The number of nitrogens with zero attached hydrogens (tertiary/aromatic N) is 1. The summed E-state index contributed by atoms with van der Waals surface area (Å²) in [5, 5.41) is 14.0. The van der Waals surface area contributed by atoms with Gasteiger partial charge in [-0.2, -0.15) is 0 Å². The lowest BCUT2D eigenvalue weighted by atomic mass is 10.0. The molecule has 0 radical (unpaired) electrons. The molecule has 8 nitrogen and oxygen atoms in total. The van der Waals surface area contributed by atoms with Crippen molar-refractivity contribution in [3.63, 3.8) is 0 Å². The highest BCUT2D eigenvalue weighted by molar-refractivity contribution is 7.47. The Morgan fingerprint density at radius 2 is 0.759 bits per heavy atom. The van der Waals surface area contributed by atoms with Gasteiger partial charge in [-0.25, -0.2) is 4.57 Å². The van der Waals surface area contributed by atoms with E-state index >= 15 is 0 Å². The van der Waals surface area contributed by atoms with Gasteiger partial charge in [0.05, 0.1) is 39.9 Å². The summed E-state index contributed by atoms with van der Waals surface area (Å²) in [6.07, 6.45) is 83.6. The zero-order valence-corrected chi connectivity index (χ0v) is 54.0. The van der Waals surface area contributed by atoms with E-state index in [1.165, 1.54) is 244 Å². The van der Waals surface area contributed by atoms with Crippen LogP contribution in [0, 0.1) is 0 Å². The molecule has 0 spiro atoms. The number of aliphatic hydroxyl groups excluding tert-OH is 1. The smallest absolute Gasteiger partial charge is 0.387 e. The zero-order chi connectivity index (χ0) is 57.7. The monoisotopic (exact) mass is 1130 g/mol. The summed E-state index contributed by atoms with van der Waals surface area (Å²) in [7, 11) is 1.58. The number of hydrogen-bond donors (Lipinski definition) is 3. The summed E-state index contributed by atoms with van der Waals surface area (Å²) in [6, 6.07) is -0.852. The fraction of sp³-hybridized carbons (Fsp3) is 0.843. The SMILES string of the molecule is CC/C=C\C/C=C\C/C=C\C/C=C\CCCCCCCCCCCCCCC(=O)NC(COP(=O)(O)OCC[N+](C)(C)C)C(O)/C=C/CCCCCCCCCCCCCCCCCCCCCCCCCCCCCCCC. The summed E-state index contributed by atoms with van der Waals surface area (Å²) in [6.45, 7) is 4.74. The molecule has 0 aromatic heterocycles. The predicted octanol–water partition coefficient (Wildman–Crippen LogP) is 21.6. The van der Waals surface area contributed by atoms with E-state index in [1.54, 1.807) is 6.08 Å². The average molecular weight is 1130 g/mol. The van der Waals surface area contributed by atoms with Crippen LogP contribution in [0.4, 0.5) is 0 Å². The molecule has 0 aromatic rings. The lowest BCUT2D eigenvalue weighted by molar-refractivity contribution is -0.870. The number of carbonyl (C=O) groups is 1. The Hall–Kier alpha value is -1.80. The minimum Gasteiger partial charge on any atom is -0.387 e. The van der Waals surface area contributed by atoms with Crippen LogP contribution in [0.2, 0.25) is 0 Å². The van der Waals surface area contributed by atoms with E-state index < -0.39 is 20.0 Å². The van der Waals surface area contributed by atoms with Gasteiger partial charge in [0.1, 0.15) is 13.2 Å². The normalized spacial score (nSPS) is 14.1. The highest BCUT2D eigenvalue weighted by Crippen LogP contribution is 2.43. The molecule has 0 saturated carbocycles. The third-order valence-electron chi connectivity index (χ3n) is 15.5. The third-order valence-corrected chi connectivity index (χ3v) is 16.5. The number of rotatable bonds is 63. The number of carbonyl (C=O) groups excluding carboxylic acids is 1. The summed E-state index contributed by atoms with van der Waals surface area (Å²) in [5.41, 5.74) is 0. The van der Waals surface area contributed by atoms with E-state index in [-0.39, 0.29) is 19.1 Å². The first-order valence-electron chi connectivity index (χ1n) is 34.2. The number of hydrogen-bond acceptors (Lipinski definition) is 5. The highest BCUT2D eigenvalue weighted by atomic mass is 31.2. The van der Waals surface area contributed by atoms with Crippen LogP contribution in [0.3, 0.4) is 0 Å². The molecule has 1 amide bonds. The van der Waals surface area contributed by atoms with E-state index in [0.29, 0.717) is 17.4 Å². The molecule has 0 aliphatic carbocycles. The van der Waals surface area contributed by atoms with Crippen molar-refractivity contribution >= 4 is 13.7 Å². The van der Waals surface area contributed by atoms with Crippen molar-refractivity contribution in [1.82, 2.24) is 5.32 Å². The van der Waals surface area contributed by atoms with E-state index in [1.807, 2.05) is 27.2 Å². The molecule has 3 atom stereocenters. The standard InChI is InChI=1S/C70H133N2O6P/c1-6-8-10-12-14-16-18-20-22-24-26-28-30-32-33-34-35-36-37-38-40-41-43-45-47-49-51-53-55-57-59-61-63-69(73)68(67-78-79(75,76)77-66-65-72(3,4)5)71-70(74)64-62-60-58-56-54-52-50-48-46-44-42-39-31-29-27-25-23-21-19-17-15-13-11-9-7-2/h9,11,15,17,21,23,27,29,61,63,68-69,73H,6-8,10,12-14,16,18-20,22,24-26,28,30-60,62,64-67H2,1-5H3,(H-,71,74,75,76)/p+1/b11-9-,17-15-,23-21-,29-27-,63-61+. The van der Waals surface area contributed by atoms with Crippen molar-refractivity contribution in [2.75, 3.05) is 40.9 Å². The summed E-state index contributed by atoms with van der Waals surface area (Å²) >= 11 is 0. The van der Waals surface area contributed by atoms with Crippen LogP contribution in [0.5, 0.6) is 0 Å². The number of phosphoric ester groups is 1. The van der Waals surface area contributed by atoms with Crippen LogP contribution < -0.4 is 5.32 Å². The molecule has 464 valence electrons. The maximum atomic E-state index is 13.0. The molecule has 3 unspecified atom stereocenters. The van der Waals surface area contributed by atoms with Gasteiger partial charge in [0.15, 0.2) is 0 Å². The Balaban J connectivity index is 4.07. The average Bonchev–Trinajstić information content (AvgIpc) is 3.42. The quantitative estimate of drug-likeness (QED) is 0.0243. The van der Waals surface area contributed by atoms with Crippen molar-refractivity contribution in [3.8, 4) is 0 Å². The molecule has 79 heavy (non-hydrogen) atoms. The molecule has 0 aliphatic heterocycles. The van der Waals surface area contributed by atoms with Crippen LogP contribution in [0.1, 0.15) is 328 Å². The summed E-state index contributed by atoms with van der Waals surface area (Å²) < 4.78 is 23.8. The fourth-order valence-electron chi connectivity index (χ4n) is 10.2. The van der Waals surface area contributed by atoms with Gasteiger partial charge in [-0.15, -0.1) is 0 Å². The molecular formula is C70H134N2O6P+. The minimum absolute atomic E-state index is 0.0602. The molecular weight excluding hydrogens is 996 g/mol. The largest absolute Gasteiger partial charge is 0.472 e. The molecule has 0 fully saturated rings. The fourth-order valence-corrected chi connectivity index (χ4v) is 11.0. The summed E-state index contributed by atoms with van der Waals surface area (Å²) in [5.74, 6) is -0.177. The Bertz CT molecular complexity index is 1470. The van der Waals surface area contributed by atoms with Crippen LogP contribution in [0.15, 0.2) is 60.8 Å². The molecule has 0 aliphatic rings. The number of likely N-dealkylation sites (N-methyl/N-ethyl adjacent to an activating group) is 1. The first-order chi connectivity index (χ1) is 38.5. The van der Waals surface area contributed by atoms with E-state index in [4.69, 9.17) is 9.05 Å². The molecule has 0 bridgehead atoms. The first kappa shape index (κ1) is 77.2. The Morgan fingerprint density at radius 1 is 0.443 bits per heavy atom. The first-order valence-corrected chi connectivity index (χ1v) is 35.7. The van der Waals surface area contributed by atoms with Crippen molar-refractivity contribution in [3.05, 3.63) is 60.8 Å². The molecule has 0 saturated heterocycles. The lowest BCUT2D eigenvalue weighted by Crippen LogP contribution is -2.45. The number of unbranched alkanes of at least 4 members (excludes halogenated alkanes) is 42. The Kier molecular flexibility index (Phi) is 59.4. The number of allylic oxidation sites excluding steroid dienone is 9. The van der Waals surface area contributed by atoms with Gasteiger partial charge in [-0.05, 0) is 57.8 Å². The van der Waals surface area contributed by atoms with E-state index in [2.05, 4.69) is 67.8 Å². The van der Waals surface area contributed by atoms with E-state index in [9.17, 15) is 19.4 Å². The second-order valence-corrected chi connectivity index (χ2v) is 26.0. The lowest BCUT2D eigenvalue weighted by Gasteiger charge is -2.25. The number of phosphoric acid groups is 1. The van der Waals surface area contributed by atoms with Crippen LogP contribution in [-0.2, 0) is 18.4 Å². The number of aliphatic hydroxyl groups is 1. The van der Waals surface area contributed by atoms with Crippen molar-refractivity contribution in [2.24, 2.45) is 0 Å². The van der Waals surface area contributed by atoms with E-state index in [0.717, 1.165) is 64.2 Å². The molecule has 0 rings (SSSR count). The maximum absolute atomic E-state index is 13.0. The number of quaternary nitrogens is 1. The molecule has 9 heteroatoms. The summed E-state index contributed by atoms with van der Waals surface area (Å²) in [4.78, 5) is 23.4. The predicted molar refractivity (Wildman–Crippen MR) is 346 cm³/mol. The molecule has 0 heterocycles. The Labute approximate surface area is 492 Å². The minimum atomic E-state index is -4.36. The van der Waals surface area contributed by atoms with Crippen LogP contribution >= 0.6 is 7.82 Å². The third kappa shape index (κ3) is 63.6. The molecule has 3 N–H and O–H groups in total. The highest BCUT2D eigenvalue weighted by Gasteiger charge is 2.28. The van der Waals surface area contributed by atoms with Crippen LogP contribution in [0.25, 0.3) is 0 Å². The van der Waals surface area contributed by atoms with Gasteiger partial charge in [0, 0.05) is 6.42 Å².